The van der Waals surface area contributed by atoms with Crippen LogP contribution in [0, 0.1) is 6.92 Å². The Morgan fingerprint density at radius 1 is 0.931 bits per heavy atom. The minimum absolute atomic E-state index is 0. The normalized spacial score (nSPS) is 13.0. The van der Waals surface area contributed by atoms with Crippen LogP contribution in [-0.4, -0.2) is 12.1 Å². The second kappa shape index (κ2) is 8.17. The van der Waals surface area contributed by atoms with Crippen LogP contribution in [0.1, 0.15) is 28.8 Å². The number of hydrogen-bond donors (Lipinski definition) is 0. The van der Waals surface area contributed by atoms with Crippen molar-refractivity contribution in [3.05, 3.63) is 70.6 Å². The van der Waals surface area contributed by atoms with E-state index in [2.05, 4.69) is 49.4 Å². The number of fused-ring (bicyclic) bond motifs is 3. The van der Waals surface area contributed by atoms with Gasteiger partial charge in [0.15, 0.2) is 0 Å². The van der Waals surface area contributed by atoms with E-state index in [1.165, 1.54) is 63.0 Å². The third-order valence-electron chi connectivity index (χ3n) is 5.62. The van der Waals surface area contributed by atoms with Crippen molar-refractivity contribution in [2.45, 2.75) is 32.6 Å². The van der Waals surface area contributed by atoms with Crippen molar-refractivity contribution in [1.29, 1.82) is 0 Å². The van der Waals surface area contributed by atoms with Gasteiger partial charge in [-0.05, 0) is 67.5 Å². The largest absolute Gasteiger partial charge is 1.00 e. The standard InChI is InChI=1S/C25H23NOS.ClH/c1-16-7-5-8-17(13-16)21-15-22(18-9-6-10-19(14-18)27-2)26-25-24(21)20-11-3-4-12-23(20)28-25;/h5-10,13-15H,3-4,11-12H2,1-2H3;1H/p-1. The summed E-state index contributed by atoms with van der Waals surface area (Å²) in [6.45, 7) is 2.16. The summed E-state index contributed by atoms with van der Waals surface area (Å²) in [5.74, 6) is 0.863. The van der Waals surface area contributed by atoms with E-state index in [4.69, 9.17) is 9.72 Å². The van der Waals surface area contributed by atoms with Gasteiger partial charge in [0.05, 0.1) is 12.8 Å². The van der Waals surface area contributed by atoms with Crippen molar-refractivity contribution < 1.29 is 17.1 Å². The lowest BCUT2D eigenvalue weighted by atomic mass is 9.91. The number of ether oxygens (including phenoxy) is 1. The Morgan fingerprint density at radius 2 is 1.72 bits per heavy atom. The molecular formula is C25H23ClNOS-. The maximum Gasteiger partial charge on any atom is 0.125 e. The number of hydrogen-bond acceptors (Lipinski definition) is 3. The minimum Gasteiger partial charge on any atom is -1.00 e. The molecule has 0 atom stereocenters. The van der Waals surface area contributed by atoms with E-state index in [0.717, 1.165) is 17.0 Å². The van der Waals surface area contributed by atoms with Crippen molar-refractivity contribution in [1.82, 2.24) is 4.98 Å². The van der Waals surface area contributed by atoms with Crippen LogP contribution >= 0.6 is 11.3 Å². The van der Waals surface area contributed by atoms with E-state index >= 15 is 0 Å². The molecule has 1 aliphatic rings. The van der Waals surface area contributed by atoms with Gasteiger partial charge in [-0.25, -0.2) is 4.98 Å². The number of pyridine rings is 1. The highest BCUT2D eigenvalue weighted by molar-refractivity contribution is 7.19. The molecule has 0 fully saturated rings. The monoisotopic (exact) mass is 420 g/mol. The molecule has 2 aromatic heterocycles. The molecular weight excluding hydrogens is 398 g/mol. The second-order valence-corrected chi connectivity index (χ2v) is 8.63. The molecule has 29 heavy (non-hydrogen) atoms. The van der Waals surface area contributed by atoms with Gasteiger partial charge in [-0.1, -0.05) is 42.0 Å². The Kier molecular flexibility index (Phi) is 5.62. The molecule has 0 spiro atoms. The van der Waals surface area contributed by atoms with E-state index in [1.807, 2.05) is 23.5 Å². The Balaban J connectivity index is 0.00000205. The summed E-state index contributed by atoms with van der Waals surface area (Å²) >= 11 is 1.89. The molecule has 1 aliphatic carbocycles. The molecule has 0 N–H and O–H groups in total. The van der Waals surface area contributed by atoms with Crippen LogP contribution in [0.4, 0.5) is 0 Å². The number of halogens is 1. The number of methoxy groups -OCH3 is 1. The Bertz CT molecular complexity index is 1180. The molecule has 0 radical (unpaired) electrons. The fraction of sp³-hybridized carbons (Fsp3) is 0.240. The van der Waals surface area contributed by atoms with Crippen LogP contribution in [0.25, 0.3) is 32.6 Å². The van der Waals surface area contributed by atoms with Gasteiger partial charge in [-0.2, -0.15) is 0 Å². The number of rotatable bonds is 3. The average molecular weight is 421 g/mol. The summed E-state index contributed by atoms with van der Waals surface area (Å²) in [6, 6.07) is 19.3. The molecule has 0 saturated carbocycles. The van der Waals surface area contributed by atoms with Gasteiger partial charge in [0.2, 0.25) is 0 Å². The van der Waals surface area contributed by atoms with Crippen molar-refractivity contribution >= 4 is 21.6 Å². The van der Waals surface area contributed by atoms with Gasteiger partial charge >= 0.3 is 0 Å². The maximum atomic E-state index is 5.44. The smallest absolute Gasteiger partial charge is 0.125 e. The zero-order valence-electron chi connectivity index (χ0n) is 16.7. The number of nitrogens with zero attached hydrogens (tertiary/aromatic N) is 1. The van der Waals surface area contributed by atoms with Gasteiger partial charge in [0.1, 0.15) is 10.6 Å². The second-order valence-electron chi connectivity index (χ2n) is 7.55. The predicted octanol–water partition coefficient (Wildman–Crippen LogP) is 3.83. The molecule has 0 unspecified atom stereocenters. The van der Waals surface area contributed by atoms with Gasteiger partial charge in [0, 0.05) is 15.8 Å². The van der Waals surface area contributed by atoms with Crippen molar-refractivity contribution in [2.75, 3.05) is 7.11 Å². The summed E-state index contributed by atoms with van der Waals surface area (Å²) in [6.07, 6.45) is 4.94. The van der Waals surface area contributed by atoms with Crippen LogP contribution in [0.2, 0.25) is 0 Å². The van der Waals surface area contributed by atoms with E-state index in [1.54, 1.807) is 7.11 Å². The highest BCUT2D eigenvalue weighted by Crippen LogP contribution is 2.42. The van der Waals surface area contributed by atoms with E-state index in [9.17, 15) is 0 Å². The van der Waals surface area contributed by atoms with Gasteiger partial charge in [0.25, 0.3) is 0 Å². The number of aromatic nitrogens is 1. The third-order valence-corrected chi connectivity index (χ3v) is 6.81. The first-order valence-electron chi connectivity index (χ1n) is 9.90. The summed E-state index contributed by atoms with van der Waals surface area (Å²) in [5, 5.41) is 1.37. The van der Waals surface area contributed by atoms with E-state index in [0.29, 0.717) is 0 Å². The summed E-state index contributed by atoms with van der Waals surface area (Å²) < 4.78 is 5.44. The van der Waals surface area contributed by atoms with Crippen LogP contribution in [-0.2, 0) is 12.8 Å². The lowest BCUT2D eigenvalue weighted by Crippen LogP contribution is -3.00. The number of benzene rings is 2. The van der Waals surface area contributed by atoms with Crippen LogP contribution in [0.5, 0.6) is 5.75 Å². The first kappa shape index (κ1) is 19.9. The van der Waals surface area contributed by atoms with E-state index < -0.39 is 0 Å². The topological polar surface area (TPSA) is 22.1 Å². The van der Waals surface area contributed by atoms with Gasteiger partial charge < -0.3 is 17.1 Å². The zero-order valence-corrected chi connectivity index (χ0v) is 18.2. The van der Waals surface area contributed by atoms with Crippen molar-refractivity contribution in [3.8, 4) is 28.1 Å². The van der Waals surface area contributed by atoms with Crippen LogP contribution in [0.3, 0.4) is 0 Å². The van der Waals surface area contributed by atoms with Crippen LogP contribution in [0.15, 0.2) is 54.6 Å². The quantitative estimate of drug-likeness (QED) is 0.502. The molecule has 5 rings (SSSR count). The first-order valence-corrected chi connectivity index (χ1v) is 10.7. The van der Waals surface area contributed by atoms with Crippen LogP contribution < -0.4 is 17.1 Å². The highest BCUT2D eigenvalue weighted by Gasteiger charge is 2.21. The van der Waals surface area contributed by atoms with Gasteiger partial charge in [-0.15, -0.1) is 11.3 Å². The molecule has 148 valence electrons. The average Bonchev–Trinajstić information content (AvgIpc) is 3.11. The summed E-state index contributed by atoms with van der Waals surface area (Å²) in [5.41, 5.74) is 7.53. The Hall–Kier alpha value is -2.36. The molecule has 0 amide bonds. The number of thiophene rings is 1. The van der Waals surface area contributed by atoms with E-state index in [-0.39, 0.29) is 12.4 Å². The van der Waals surface area contributed by atoms with Gasteiger partial charge in [-0.3, -0.25) is 0 Å². The third kappa shape index (κ3) is 3.65. The maximum absolute atomic E-state index is 5.44. The summed E-state index contributed by atoms with van der Waals surface area (Å²) in [7, 11) is 1.71. The Morgan fingerprint density at radius 3 is 2.55 bits per heavy atom. The molecule has 4 aromatic rings. The fourth-order valence-corrected chi connectivity index (χ4v) is 5.52. The SMILES string of the molecule is COc1cccc(-c2cc(-c3cccc(C)c3)c3c4c(sc3n2)CCCC4)c1.[Cl-]. The predicted molar refractivity (Wildman–Crippen MR) is 118 cm³/mol. The number of aryl methyl sites for hydroxylation is 3. The zero-order chi connectivity index (χ0) is 19.1. The molecule has 0 saturated heterocycles. The van der Waals surface area contributed by atoms with Crippen molar-refractivity contribution in [2.24, 2.45) is 0 Å². The Labute approximate surface area is 182 Å². The van der Waals surface area contributed by atoms with Crippen molar-refractivity contribution in [3.63, 3.8) is 0 Å². The molecule has 0 bridgehead atoms. The molecule has 2 aromatic carbocycles. The molecule has 0 aliphatic heterocycles. The minimum atomic E-state index is 0. The molecule has 2 heterocycles. The summed E-state index contributed by atoms with van der Waals surface area (Å²) in [4.78, 5) is 7.80. The first-order chi connectivity index (χ1) is 13.7. The highest BCUT2D eigenvalue weighted by atomic mass is 35.5. The molecule has 4 heteroatoms. The fourth-order valence-electron chi connectivity index (χ4n) is 4.23. The lowest BCUT2D eigenvalue weighted by molar-refractivity contribution is -0.00000584. The lowest BCUT2D eigenvalue weighted by Gasteiger charge is -2.14. The molecule has 2 nitrogen and oxygen atoms in total.